The van der Waals surface area contributed by atoms with E-state index in [0.717, 1.165) is 17.9 Å². The number of carbonyl (C=O) groups excluding carboxylic acids is 2. The SMILES string of the molecule is CC(C)OC(=O)C1C(Cl)=C(C2CC2)ON1C(=O)c1ccccc1[S+](C)[O-]. The predicted octanol–water partition coefficient (Wildman–Crippen LogP) is 2.99. The fraction of sp³-hybridized carbons (Fsp3) is 0.444. The van der Waals surface area contributed by atoms with Gasteiger partial charge in [0.2, 0.25) is 6.04 Å². The van der Waals surface area contributed by atoms with Crippen LogP contribution >= 0.6 is 11.6 Å². The number of hydroxylamine groups is 2. The highest BCUT2D eigenvalue weighted by Gasteiger charge is 2.48. The molecular formula is C18H20ClNO5S. The quantitative estimate of drug-likeness (QED) is 0.563. The van der Waals surface area contributed by atoms with E-state index in [1.165, 1.54) is 6.26 Å². The Labute approximate surface area is 160 Å². The third-order valence-electron chi connectivity index (χ3n) is 4.06. The summed E-state index contributed by atoms with van der Waals surface area (Å²) in [5.41, 5.74) is 0.206. The number of esters is 1. The fourth-order valence-electron chi connectivity index (χ4n) is 2.72. The van der Waals surface area contributed by atoms with Gasteiger partial charge in [-0.05, 0) is 50.0 Å². The van der Waals surface area contributed by atoms with Crippen molar-refractivity contribution in [1.82, 2.24) is 5.06 Å². The van der Waals surface area contributed by atoms with Gasteiger partial charge in [-0.3, -0.25) is 4.79 Å². The fourth-order valence-corrected chi connectivity index (χ4v) is 3.82. The summed E-state index contributed by atoms with van der Waals surface area (Å²) in [4.78, 5) is 31.7. The second-order valence-electron chi connectivity index (χ2n) is 6.55. The molecule has 1 fully saturated rings. The lowest BCUT2D eigenvalue weighted by Gasteiger charge is -2.23. The maximum absolute atomic E-state index is 13.1. The molecule has 8 heteroatoms. The molecule has 26 heavy (non-hydrogen) atoms. The summed E-state index contributed by atoms with van der Waals surface area (Å²) in [7, 11) is 0. The van der Waals surface area contributed by atoms with E-state index in [4.69, 9.17) is 21.2 Å². The third-order valence-corrected chi connectivity index (χ3v) is 5.43. The van der Waals surface area contributed by atoms with Crippen LogP contribution in [0.1, 0.15) is 37.0 Å². The van der Waals surface area contributed by atoms with E-state index in [0.29, 0.717) is 10.7 Å². The minimum Gasteiger partial charge on any atom is -0.612 e. The van der Waals surface area contributed by atoms with Crippen molar-refractivity contribution in [2.24, 2.45) is 5.92 Å². The molecule has 140 valence electrons. The molecule has 0 radical (unpaired) electrons. The summed E-state index contributed by atoms with van der Waals surface area (Å²) in [6, 6.07) is 5.37. The molecule has 1 aromatic rings. The highest BCUT2D eigenvalue weighted by molar-refractivity contribution is 7.90. The van der Waals surface area contributed by atoms with Crippen LogP contribution in [0.5, 0.6) is 0 Å². The number of hydrogen-bond acceptors (Lipinski definition) is 5. The maximum atomic E-state index is 13.1. The highest BCUT2D eigenvalue weighted by atomic mass is 35.5. The lowest BCUT2D eigenvalue weighted by molar-refractivity contribution is -0.162. The van der Waals surface area contributed by atoms with Crippen LogP contribution in [-0.4, -0.2) is 39.9 Å². The Morgan fingerprint density at radius 1 is 1.35 bits per heavy atom. The van der Waals surface area contributed by atoms with E-state index >= 15 is 0 Å². The summed E-state index contributed by atoms with van der Waals surface area (Å²) in [5, 5.41) is 1.13. The number of ether oxygens (including phenoxy) is 1. The monoisotopic (exact) mass is 397 g/mol. The lowest BCUT2D eigenvalue weighted by Crippen LogP contribution is -2.43. The first-order chi connectivity index (χ1) is 12.3. The molecule has 1 aliphatic carbocycles. The Morgan fingerprint density at radius 3 is 2.58 bits per heavy atom. The van der Waals surface area contributed by atoms with Crippen LogP contribution in [0.25, 0.3) is 0 Å². The number of hydrogen-bond donors (Lipinski definition) is 0. The van der Waals surface area contributed by atoms with Crippen LogP contribution in [0, 0.1) is 5.92 Å². The predicted molar refractivity (Wildman–Crippen MR) is 96.6 cm³/mol. The molecule has 0 aromatic heterocycles. The molecule has 1 aromatic carbocycles. The molecule has 1 aliphatic heterocycles. The van der Waals surface area contributed by atoms with E-state index in [1.807, 2.05) is 0 Å². The summed E-state index contributed by atoms with van der Waals surface area (Å²) in [6.07, 6.45) is 2.93. The van der Waals surface area contributed by atoms with Crippen LogP contribution in [0.3, 0.4) is 0 Å². The number of carbonyl (C=O) groups is 2. The topological polar surface area (TPSA) is 78.9 Å². The van der Waals surface area contributed by atoms with Gasteiger partial charge in [0.25, 0.3) is 5.91 Å². The minimum absolute atomic E-state index is 0.116. The smallest absolute Gasteiger partial charge is 0.338 e. The summed E-state index contributed by atoms with van der Waals surface area (Å²) in [5.74, 6) is -0.662. The Balaban J connectivity index is 1.95. The van der Waals surface area contributed by atoms with Gasteiger partial charge in [0.15, 0.2) is 10.7 Å². The molecule has 0 saturated heterocycles. The normalized spacial score (nSPS) is 21.0. The Morgan fingerprint density at radius 2 is 2.00 bits per heavy atom. The van der Waals surface area contributed by atoms with E-state index in [9.17, 15) is 14.1 Å². The summed E-state index contributed by atoms with van der Waals surface area (Å²) in [6.45, 7) is 3.43. The molecule has 1 saturated carbocycles. The molecule has 1 heterocycles. The van der Waals surface area contributed by atoms with Gasteiger partial charge in [-0.1, -0.05) is 23.7 Å². The number of nitrogens with zero attached hydrogens (tertiary/aromatic N) is 1. The van der Waals surface area contributed by atoms with E-state index < -0.39 is 29.1 Å². The Kier molecular flexibility index (Phi) is 5.50. The molecule has 2 atom stereocenters. The van der Waals surface area contributed by atoms with Gasteiger partial charge in [-0.15, -0.1) is 0 Å². The van der Waals surface area contributed by atoms with E-state index in [-0.39, 0.29) is 22.6 Å². The van der Waals surface area contributed by atoms with Crippen molar-refractivity contribution >= 4 is 34.7 Å². The zero-order valence-corrected chi connectivity index (χ0v) is 16.3. The van der Waals surface area contributed by atoms with Gasteiger partial charge in [0.05, 0.1) is 16.7 Å². The second kappa shape index (κ2) is 7.50. The molecule has 0 spiro atoms. The number of rotatable bonds is 5. The van der Waals surface area contributed by atoms with Crippen molar-refractivity contribution in [3.63, 3.8) is 0 Å². The molecule has 6 nitrogen and oxygen atoms in total. The maximum Gasteiger partial charge on any atom is 0.338 e. The lowest BCUT2D eigenvalue weighted by atomic mass is 10.1. The van der Waals surface area contributed by atoms with Crippen LogP contribution in [-0.2, 0) is 25.5 Å². The highest BCUT2D eigenvalue weighted by Crippen LogP contribution is 2.45. The molecule has 1 amide bonds. The van der Waals surface area contributed by atoms with Crippen molar-refractivity contribution in [2.45, 2.75) is 43.7 Å². The van der Waals surface area contributed by atoms with Crippen LogP contribution < -0.4 is 0 Å². The number of halogens is 1. The van der Waals surface area contributed by atoms with E-state index in [1.54, 1.807) is 38.1 Å². The van der Waals surface area contributed by atoms with Crippen molar-refractivity contribution in [2.75, 3.05) is 6.26 Å². The average molecular weight is 398 g/mol. The molecule has 2 aliphatic rings. The Hall–Kier alpha value is -1.70. The zero-order valence-electron chi connectivity index (χ0n) is 14.7. The van der Waals surface area contributed by atoms with Crippen molar-refractivity contribution < 1.29 is 23.7 Å². The van der Waals surface area contributed by atoms with Gasteiger partial charge in [-0.25, -0.2) is 4.79 Å². The molecule has 0 bridgehead atoms. The number of benzene rings is 1. The number of allylic oxidation sites excluding steroid dienone is 1. The summed E-state index contributed by atoms with van der Waals surface area (Å²) >= 11 is 5.01. The third kappa shape index (κ3) is 3.70. The second-order valence-corrected chi connectivity index (χ2v) is 8.30. The first-order valence-corrected chi connectivity index (χ1v) is 10.3. The van der Waals surface area contributed by atoms with Gasteiger partial charge < -0.3 is 14.1 Å². The van der Waals surface area contributed by atoms with Crippen LogP contribution in [0.2, 0.25) is 0 Å². The van der Waals surface area contributed by atoms with Crippen molar-refractivity contribution in [3.8, 4) is 0 Å². The number of amides is 1. The Bertz CT molecular complexity index is 760. The van der Waals surface area contributed by atoms with E-state index in [2.05, 4.69) is 0 Å². The van der Waals surface area contributed by atoms with Crippen molar-refractivity contribution in [3.05, 3.63) is 40.6 Å². The van der Waals surface area contributed by atoms with Crippen molar-refractivity contribution in [1.29, 1.82) is 0 Å². The van der Waals surface area contributed by atoms with Gasteiger partial charge in [0, 0.05) is 5.92 Å². The van der Waals surface area contributed by atoms with Gasteiger partial charge >= 0.3 is 5.97 Å². The largest absolute Gasteiger partial charge is 0.612 e. The zero-order chi connectivity index (χ0) is 19.0. The molecule has 3 rings (SSSR count). The first-order valence-electron chi connectivity index (χ1n) is 8.35. The molecule has 2 unspecified atom stereocenters. The van der Waals surface area contributed by atoms with Gasteiger partial charge in [-0.2, -0.15) is 5.06 Å². The van der Waals surface area contributed by atoms with Gasteiger partial charge in [0.1, 0.15) is 6.26 Å². The van der Waals surface area contributed by atoms with Crippen LogP contribution in [0.15, 0.2) is 40.0 Å². The first kappa shape index (κ1) is 19.1. The minimum atomic E-state index is -1.37. The standard InChI is InChI=1S/C18H20ClNO5S/c1-10(2)24-18(22)15-14(19)16(11-8-9-11)25-20(15)17(21)12-6-4-5-7-13(12)26(3)23/h4-7,10-11,15H,8-9H2,1-3H3. The van der Waals surface area contributed by atoms with Crippen LogP contribution in [0.4, 0.5) is 0 Å². The average Bonchev–Trinajstić information content (AvgIpc) is 3.36. The molecular weight excluding hydrogens is 378 g/mol. The summed E-state index contributed by atoms with van der Waals surface area (Å²) < 4.78 is 17.2. The molecule has 0 N–H and O–H groups in total.